The van der Waals surface area contributed by atoms with E-state index in [0.29, 0.717) is 5.92 Å². The largest absolute Gasteiger partial charge is 0.329 e. The SMILES string of the molecule is CC1CCC(CN)(N(C)Cc2cscn2)C(C)C1. The van der Waals surface area contributed by atoms with Gasteiger partial charge in [0.15, 0.2) is 0 Å². The van der Waals surface area contributed by atoms with Crippen molar-refractivity contribution < 1.29 is 0 Å². The fourth-order valence-electron chi connectivity index (χ4n) is 3.43. The normalized spacial score (nSPS) is 32.9. The average molecular weight is 267 g/mol. The Morgan fingerprint density at radius 1 is 1.56 bits per heavy atom. The first kappa shape index (κ1) is 14.0. The van der Waals surface area contributed by atoms with Crippen LogP contribution in [0.1, 0.15) is 38.8 Å². The molecule has 0 spiro atoms. The summed E-state index contributed by atoms with van der Waals surface area (Å²) in [5.74, 6) is 1.50. The van der Waals surface area contributed by atoms with Gasteiger partial charge in [0.2, 0.25) is 0 Å². The Morgan fingerprint density at radius 2 is 2.33 bits per heavy atom. The van der Waals surface area contributed by atoms with Crippen molar-refractivity contribution in [1.29, 1.82) is 0 Å². The molecule has 102 valence electrons. The number of thiazole rings is 1. The molecule has 0 aromatic carbocycles. The Bertz CT molecular complexity index is 365. The molecule has 3 nitrogen and oxygen atoms in total. The highest BCUT2D eigenvalue weighted by molar-refractivity contribution is 7.07. The summed E-state index contributed by atoms with van der Waals surface area (Å²) in [7, 11) is 2.21. The second-order valence-corrected chi connectivity index (χ2v) is 6.64. The molecule has 1 saturated carbocycles. The first-order valence-corrected chi connectivity index (χ1v) is 7.81. The van der Waals surface area contributed by atoms with Crippen molar-refractivity contribution in [3.05, 3.63) is 16.6 Å². The molecule has 1 aliphatic rings. The highest BCUT2D eigenvalue weighted by Gasteiger charge is 2.42. The lowest BCUT2D eigenvalue weighted by molar-refractivity contribution is 0.0122. The highest BCUT2D eigenvalue weighted by Crippen LogP contribution is 2.40. The zero-order chi connectivity index (χ0) is 13.2. The average Bonchev–Trinajstić information content (AvgIpc) is 2.82. The number of hydrogen-bond donors (Lipinski definition) is 1. The Balaban J connectivity index is 2.11. The van der Waals surface area contributed by atoms with Crippen LogP contribution in [0.15, 0.2) is 10.9 Å². The Labute approximate surface area is 114 Å². The van der Waals surface area contributed by atoms with E-state index in [2.05, 4.69) is 36.2 Å². The van der Waals surface area contributed by atoms with E-state index in [-0.39, 0.29) is 5.54 Å². The molecule has 2 N–H and O–H groups in total. The third-order valence-electron chi connectivity index (χ3n) is 4.74. The maximum absolute atomic E-state index is 6.14. The molecule has 1 heterocycles. The number of likely N-dealkylation sites (N-methyl/N-ethyl adjacent to an activating group) is 1. The van der Waals surface area contributed by atoms with Crippen molar-refractivity contribution in [2.75, 3.05) is 13.6 Å². The number of nitrogens with zero attached hydrogens (tertiary/aromatic N) is 2. The molecular formula is C14H25N3S. The van der Waals surface area contributed by atoms with Crippen molar-refractivity contribution >= 4 is 11.3 Å². The van der Waals surface area contributed by atoms with Crippen LogP contribution in [-0.2, 0) is 6.54 Å². The smallest absolute Gasteiger partial charge is 0.0795 e. The van der Waals surface area contributed by atoms with E-state index in [0.717, 1.165) is 19.0 Å². The third-order valence-corrected chi connectivity index (χ3v) is 5.37. The van der Waals surface area contributed by atoms with E-state index in [9.17, 15) is 0 Å². The van der Waals surface area contributed by atoms with Gasteiger partial charge in [-0.3, -0.25) is 4.90 Å². The van der Waals surface area contributed by atoms with Crippen LogP contribution in [0.25, 0.3) is 0 Å². The predicted molar refractivity (Wildman–Crippen MR) is 77.5 cm³/mol. The molecule has 0 amide bonds. The van der Waals surface area contributed by atoms with Gasteiger partial charge in [0.25, 0.3) is 0 Å². The van der Waals surface area contributed by atoms with E-state index in [1.807, 2.05) is 5.51 Å². The standard InChI is InChI=1S/C14H25N3S/c1-11-4-5-14(9-15,12(2)6-11)17(3)7-13-8-18-10-16-13/h8,10-12H,4-7,9,15H2,1-3H3. The van der Waals surface area contributed by atoms with Crippen LogP contribution < -0.4 is 5.73 Å². The first-order chi connectivity index (χ1) is 8.58. The molecule has 3 unspecified atom stereocenters. The molecule has 0 aliphatic heterocycles. The lowest BCUT2D eigenvalue weighted by Crippen LogP contribution is -2.58. The monoisotopic (exact) mass is 267 g/mol. The zero-order valence-corrected chi connectivity index (χ0v) is 12.5. The molecule has 1 fully saturated rings. The summed E-state index contributed by atoms with van der Waals surface area (Å²) >= 11 is 1.67. The quantitative estimate of drug-likeness (QED) is 0.912. The summed E-state index contributed by atoms with van der Waals surface area (Å²) in [5, 5.41) is 2.14. The summed E-state index contributed by atoms with van der Waals surface area (Å²) < 4.78 is 0. The van der Waals surface area contributed by atoms with Gasteiger partial charge in [0.1, 0.15) is 0 Å². The van der Waals surface area contributed by atoms with Gasteiger partial charge in [0.05, 0.1) is 11.2 Å². The minimum atomic E-state index is 0.163. The van der Waals surface area contributed by atoms with Gasteiger partial charge in [-0.25, -0.2) is 4.98 Å². The summed E-state index contributed by atoms with van der Waals surface area (Å²) in [6.07, 6.45) is 3.80. The van der Waals surface area contributed by atoms with Gasteiger partial charge in [-0.15, -0.1) is 11.3 Å². The lowest BCUT2D eigenvalue weighted by Gasteiger charge is -2.50. The van der Waals surface area contributed by atoms with Gasteiger partial charge in [-0.05, 0) is 38.1 Å². The summed E-state index contributed by atoms with van der Waals surface area (Å²) in [5.41, 5.74) is 9.38. The van der Waals surface area contributed by atoms with Crippen LogP contribution in [0, 0.1) is 11.8 Å². The summed E-state index contributed by atoms with van der Waals surface area (Å²) in [6.45, 7) is 6.39. The highest BCUT2D eigenvalue weighted by atomic mass is 32.1. The molecule has 1 aromatic heterocycles. The van der Waals surface area contributed by atoms with Crippen LogP contribution in [0.2, 0.25) is 0 Å². The van der Waals surface area contributed by atoms with Crippen molar-refractivity contribution in [3.63, 3.8) is 0 Å². The Kier molecular flexibility index (Phi) is 4.41. The minimum Gasteiger partial charge on any atom is -0.329 e. The fraction of sp³-hybridized carbons (Fsp3) is 0.786. The second-order valence-electron chi connectivity index (χ2n) is 5.92. The molecule has 18 heavy (non-hydrogen) atoms. The lowest BCUT2D eigenvalue weighted by atomic mass is 9.69. The molecule has 4 heteroatoms. The van der Waals surface area contributed by atoms with Crippen molar-refractivity contribution in [2.24, 2.45) is 17.6 Å². The maximum Gasteiger partial charge on any atom is 0.0795 e. The molecule has 0 bridgehead atoms. The van der Waals surface area contributed by atoms with Crippen molar-refractivity contribution in [2.45, 2.75) is 45.2 Å². The van der Waals surface area contributed by atoms with Crippen LogP contribution in [0.5, 0.6) is 0 Å². The van der Waals surface area contributed by atoms with Gasteiger partial charge < -0.3 is 5.73 Å². The van der Waals surface area contributed by atoms with Gasteiger partial charge in [-0.1, -0.05) is 13.8 Å². The molecule has 1 aromatic rings. The van der Waals surface area contributed by atoms with Crippen LogP contribution in [0.3, 0.4) is 0 Å². The Morgan fingerprint density at radius 3 is 2.89 bits per heavy atom. The third kappa shape index (κ3) is 2.60. The summed E-state index contributed by atoms with van der Waals surface area (Å²) in [6, 6.07) is 0. The molecule has 3 atom stereocenters. The Hall–Kier alpha value is -0.450. The van der Waals surface area contributed by atoms with E-state index in [1.165, 1.54) is 25.0 Å². The molecule has 0 saturated heterocycles. The molecule has 2 rings (SSSR count). The number of nitrogens with two attached hydrogens (primary N) is 1. The van der Waals surface area contributed by atoms with Crippen molar-refractivity contribution in [1.82, 2.24) is 9.88 Å². The molecule has 1 aliphatic carbocycles. The first-order valence-electron chi connectivity index (χ1n) is 6.87. The van der Waals surface area contributed by atoms with E-state index < -0.39 is 0 Å². The van der Waals surface area contributed by atoms with Crippen LogP contribution >= 0.6 is 11.3 Å². The second kappa shape index (κ2) is 5.68. The maximum atomic E-state index is 6.14. The zero-order valence-electron chi connectivity index (χ0n) is 11.7. The van der Waals surface area contributed by atoms with Crippen LogP contribution in [0.4, 0.5) is 0 Å². The molecule has 0 radical (unpaired) electrons. The van der Waals surface area contributed by atoms with E-state index in [4.69, 9.17) is 5.73 Å². The van der Waals surface area contributed by atoms with Crippen LogP contribution in [-0.4, -0.2) is 29.0 Å². The van der Waals surface area contributed by atoms with Gasteiger partial charge in [0, 0.05) is 24.0 Å². The van der Waals surface area contributed by atoms with E-state index >= 15 is 0 Å². The minimum absolute atomic E-state index is 0.163. The van der Waals surface area contributed by atoms with Crippen molar-refractivity contribution in [3.8, 4) is 0 Å². The summed E-state index contributed by atoms with van der Waals surface area (Å²) in [4.78, 5) is 6.84. The van der Waals surface area contributed by atoms with E-state index in [1.54, 1.807) is 11.3 Å². The van der Waals surface area contributed by atoms with Gasteiger partial charge in [-0.2, -0.15) is 0 Å². The number of aromatic nitrogens is 1. The van der Waals surface area contributed by atoms with Gasteiger partial charge >= 0.3 is 0 Å². The fourth-order valence-corrected chi connectivity index (χ4v) is 3.98. The number of rotatable bonds is 4. The number of hydrogen-bond acceptors (Lipinski definition) is 4. The molecular weight excluding hydrogens is 242 g/mol. The topological polar surface area (TPSA) is 42.1 Å². The predicted octanol–water partition coefficient (Wildman–Crippen LogP) is 2.73.